The van der Waals surface area contributed by atoms with Gasteiger partial charge >= 0.3 is 5.97 Å². The number of amides is 1. The van der Waals surface area contributed by atoms with Crippen molar-refractivity contribution in [1.29, 1.82) is 0 Å². The van der Waals surface area contributed by atoms with E-state index in [9.17, 15) is 9.59 Å². The van der Waals surface area contributed by atoms with Crippen molar-refractivity contribution >= 4 is 11.9 Å². The standard InChI is InChI=1S/C14H24N2O3/c1-15-6-2-3-11(10-15)9-13(17)16-7-4-12(5-8-16)14(18)19/h11-12H,2-10H2,1H3,(H,18,19). The Morgan fingerprint density at radius 2 is 1.84 bits per heavy atom. The topological polar surface area (TPSA) is 60.9 Å². The van der Waals surface area contributed by atoms with Crippen LogP contribution in [0.1, 0.15) is 32.1 Å². The largest absolute Gasteiger partial charge is 0.481 e. The van der Waals surface area contributed by atoms with Crippen LogP contribution in [0.25, 0.3) is 0 Å². The average Bonchev–Trinajstić information content (AvgIpc) is 2.39. The highest BCUT2D eigenvalue weighted by atomic mass is 16.4. The molecule has 5 nitrogen and oxygen atoms in total. The van der Waals surface area contributed by atoms with E-state index in [0.29, 0.717) is 38.3 Å². The molecule has 2 rings (SSSR count). The van der Waals surface area contributed by atoms with Gasteiger partial charge in [-0.15, -0.1) is 0 Å². The number of rotatable bonds is 3. The van der Waals surface area contributed by atoms with E-state index in [-0.39, 0.29) is 11.8 Å². The molecule has 0 aromatic rings. The zero-order valence-electron chi connectivity index (χ0n) is 11.7. The second-order valence-corrected chi connectivity index (χ2v) is 5.97. The Hall–Kier alpha value is -1.10. The maximum Gasteiger partial charge on any atom is 0.306 e. The maximum absolute atomic E-state index is 12.2. The molecule has 1 amide bonds. The molecule has 0 aromatic heterocycles. The number of aliphatic carboxylic acids is 1. The fraction of sp³-hybridized carbons (Fsp3) is 0.857. The maximum atomic E-state index is 12.2. The van der Waals surface area contributed by atoms with Gasteiger partial charge in [0.25, 0.3) is 0 Å². The number of carboxylic acid groups (broad SMARTS) is 1. The summed E-state index contributed by atoms with van der Waals surface area (Å²) in [6.45, 7) is 3.36. The van der Waals surface area contributed by atoms with E-state index in [0.717, 1.165) is 19.5 Å². The highest BCUT2D eigenvalue weighted by Crippen LogP contribution is 2.22. The van der Waals surface area contributed by atoms with Crippen LogP contribution < -0.4 is 0 Å². The van der Waals surface area contributed by atoms with E-state index in [1.165, 1.54) is 6.42 Å². The summed E-state index contributed by atoms with van der Waals surface area (Å²) in [5.74, 6) is -0.293. The highest BCUT2D eigenvalue weighted by Gasteiger charge is 2.28. The molecule has 2 aliphatic heterocycles. The van der Waals surface area contributed by atoms with Crippen LogP contribution in [0.3, 0.4) is 0 Å². The first-order chi connectivity index (χ1) is 9.06. The monoisotopic (exact) mass is 268 g/mol. The van der Waals surface area contributed by atoms with E-state index >= 15 is 0 Å². The first kappa shape index (κ1) is 14.3. The quantitative estimate of drug-likeness (QED) is 0.831. The molecule has 2 heterocycles. The molecule has 0 saturated carbocycles. The summed E-state index contributed by atoms with van der Waals surface area (Å²) in [6, 6.07) is 0. The smallest absolute Gasteiger partial charge is 0.306 e. The van der Waals surface area contributed by atoms with Gasteiger partial charge in [-0.1, -0.05) is 0 Å². The Morgan fingerprint density at radius 1 is 1.16 bits per heavy atom. The SMILES string of the molecule is CN1CCCC(CC(=O)N2CCC(C(=O)O)CC2)C1. The Morgan fingerprint density at radius 3 is 2.42 bits per heavy atom. The second-order valence-electron chi connectivity index (χ2n) is 5.97. The Balaban J connectivity index is 1.76. The van der Waals surface area contributed by atoms with Crippen LogP contribution in [-0.4, -0.2) is 60.0 Å². The second kappa shape index (κ2) is 6.37. The first-order valence-electron chi connectivity index (χ1n) is 7.25. The van der Waals surface area contributed by atoms with Crippen molar-refractivity contribution in [2.45, 2.75) is 32.1 Å². The molecule has 0 bridgehead atoms. The number of likely N-dealkylation sites (tertiary alicyclic amines) is 2. The molecule has 2 fully saturated rings. The summed E-state index contributed by atoms with van der Waals surface area (Å²) in [4.78, 5) is 27.2. The summed E-state index contributed by atoms with van der Waals surface area (Å²) in [7, 11) is 2.11. The zero-order valence-corrected chi connectivity index (χ0v) is 11.7. The molecule has 1 N–H and O–H groups in total. The number of piperidine rings is 2. The molecule has 1 atom stereocenters. The third-order valence-electron chi connectivity index (χ3n) is 4.38. The molecule has 19 heavy (non-hydrogen) atoms. The third kappa shape index (κ3) is 3.93. The van der Waals surface area contributed by atoms with Crippen LogP contribution >= 0.6 is 0 Å². The lowest BCUT2D eigenvalue weighted by Crippen LogP contribution is -2.42. The predicted octanol–water partition coefficient (Wildman–Crippen LogP) is 1.04. The third-order valence-corrected chi connectivity index (χ3v) is 4.38. The molecule has 0 aliphatic carbocycles. The molecule has 0 aromatic carbocycles. The lowest BCUT2D eigenvalue weighted by molar-refractivity contribution is -0.146. The van der Waals surface area contributed by atoms with Gasteiger partial charge in [0, 0.05) is 26.1 Å². The van der Waals surface area contributed by atoms with Crippen molar-refractivity contribution in [1.82, 2.24) is 9.80 Å². The highest BCUT2D eigenvalue weighted by molar-refractivity contribution is 5.77. The van der Waals surface area contributed by atoms with Crippen LogP contribution in [0.4, 0.5) is 0 Å². The minimum atomic E-state index is -0.721. The Bertz CT molecular complexity index is 338. The number of nitrogens with zero attached hydrogens (tertiary/aromatic N) is 2. The van der Waals surface area contributed by atoms with E-state index in [2.05, 4.69) is 11.9 Å². The molecule has 5 heteroatoms. The van der Waals surface area contributed by atoms with Gasteiger partial charge in [-0.2, -0.15) is 0 Å². The molecule has 2 saturated heterocycles. The van der Waals surface area contributed by atoms with Crippen molar-refractivity contribution in [3.63, 3.8) is 0 Å². The number of carbonyl (C=O) groups excluding carboxylic acids is 1. The molecule has 2 aliphatic rings. The van der Waals surface area contributed by atoms with Gasteiger partial charge < -0.3 is 14.9 Å². The van der Waals surface area contributed by atoms with Crippen LogP contribution in [0.5, 0.6) is 0 Å². The lowest BCUT2D eigenvalue weighted by Gasteiger charge is -2.33. The molecule has 108 valence electrons. The van der Waals surface area contributed by atoms with Gasteiger partial charge in [0.15, 0.2) is 0 Å². The Labute approximate surface area is 114 Å². The van der Waals surface area contributed by atoms with Crippen molar-refractivity contribution in [2.75, 3.05) is 33.2 Å². The van der Waals surface area contributed by atoms with Crippen LogP contribution in [0.2, 0.25) is 0 Å². The minimum Gasteiger partial charge on any atom is -0.481 e. The van der Waals surface area contributed by atoms with Gasteiger partial charge in [0.2, 0.25) is 5.91 Å². The first-order valence-corrected chi connectivity index (χ1v) is 7.25. The fourth-order valence-corrected chi connectivity index (χ4v) is 3.19. The van der Waals surface area contributed by atoms with E-state index in [1.807, 2.05) is 4.90 Å². The van der Waals surface area contributed by atoms with Gasteiger partial charge in [0.1, 0.15) is 0 Å². The van der Waals surface area contributed by atoms with Gasteiger partial charge in [-0.05, 0) is 45.2 Å². The van der Waals surface area contributed by atoms with Crippen molar-refractivity contribution in [3.05, 3.63) is 0 Å². The minimum absolute atomic E-state index is 0.212. The zero-order chi connectivity index (χ0) is 13.8. The normalized spacial score (nSPS) is 26.4. The molecular weight excluding hydrogens is 244 g/mol. The summed E-state index contributed by atoms with van der Waals surface area (Å²) in [5.41, 5.74) is 0. The lowest BCUT2D eigenvalue weighted by atomic mass is 9.93. The number of hydrogen-bond acceptors (Lipinski definition) is 3. The molecule has 1 unspecified atom stereocenters. The van der Waals surface area contributed by atoms with Crippen molar-refractivity contribution in [2.24, 2.45) is 11.8 Å². The van der Waals surface area contributed by atoms with Crippen LogP contribution in [0.15, 0.2) is 0 Å². The summed E-state index contributed by atoms with van der Waals surface area (Å²) >= 11 is 0. The Kier molecular flexibility index (Phi) is 4.80. The van der Waals surface area contributed by atoms with Gasteiger partial charge in [-0.3, -0.25) is 9.59 Å². The summed E-state index contributed by atoms with van der Waals surface area (Å²) in [6.07, 6.45) is 4.15. The van der Waals surface area contributed by atoms with Gasteiger partial charge in [-0.25, -0.2) is 0 Å². The van der Waals surface area contributed by atoms with Crippen LogP contribution in [-0.2, 0) is 9.59 Å². The summed E-state index contributed by atoms with van der Waals surface area (Å²) < 4.78 is 0. The molecule has 0 spiro atoms. The summed E-state index contributed by atoms with van der Waals surface area (Å²) in [5, 5.41) is 8.94. The fourth-order valence-electron chi connectivity index (χ4n) is 3.19. The number of hydrogen-bond donors (Lipinski definition) is 1. The average molecular weight is 268 g/mol. The van der Waals surface area contributed by atoms with Crippen molar-refractivity contribution in [3.8, 4) is 0 Å². The molecule has 0 radical (unpaired) electrons. The number of carbonyl (C=O) groups is 2. The van der Waals surface area contributed by atoms with Gasteiger partial charge in [0.05, 0.1) is 5.92 Å². The van der Waals surface area contributed by atoms with Crippen LogP contribution in [0, 0.1) is 11.8 Å². The predicted molar refractivity (Wildman–Crippen MR) is 71.8 cm³/mol. The van der Waals surface area contributed by atoms with Crippen molar-refractivity contribution < 1.29 is 14.7 Å². The van der Waals surface area contributed by atoms with E-state index in [4.69, 9.17) is 5.11 Å². The van der Waals surface area contributed by atoms with E-state index in [1.54, 1.807) is 0 Å². The van der Waals surface area contributed by atoms with E-state index < -0.39 is 5.97 Å². The number of carboxylic acids is 1. The molecular formula is C14H24N2O3.